The summed E-state index contributed by atoms with van der Waals surface area (Å²) in [5.41, 5.74) is 1.14. The number of carbonyl (C=O) groups excluding carboxylic acids is 1. The van der Waals surface area contributed by atoms with Crippen molar-refractivity contribution in [2.75, 3.05) is 38.2 Å². The van der Waals surface area contributed by atoms with Gasteiger partial charge >= 0.3 is 0 Å². The highest BCUT2D eigenvalue weighted by Crippen LogP contribution is 2.17. The van der Waals surface area contributed by atoms with Gasteiger partial charge in [0.15, 0.2) is 5.76 Å². The largest absolute Gasteiger partial charge is 0.453 e. The quantitative estimate of drug-likeness (QED) is 0.861. The Hall–Kier alpha value is -2.34. The van der Waals surface area contributed by atoms with E-state index in [-0.39, 0.29) is 5.91 Å². The van der Waals surface area contributed by atoms with Gasteiger partial charge in [-0.2, -0.15) is 0 Å². The van der Waals surface area contributed by atoms with Crippen LogP contribution in [0.2, 0.25) is 0 Å². The maximum Gasteiger partial charge on any atom is 0.289 e. The molecule has 0 radical (unpaired) electrons. The van der Waals surface area contributed by atoms with E-state index >= 15 is 0 Å². The zero-order valence-corrected chi connectivity index (χ0v) is 12.6. The smallest absolute Gasteiger partial charge is 0.289 e. The van der Waals surface area contributed by atoms with Crippen LogP contribution >= 0.6 is 0 Å². The zero-order chi connectivity index (χ0) is 15.4. The molecule has 2 aromatic rings. The van der Waals surface area contributed by atoms with E-state index in [4.69, 9.17) is 9.15 Å². The Balaban J connectivity index is 1.59. The lowest BCUT2D eigenvalue weighted by molar-refractivity contribution is 0.0707. The Labute approximate surface area is 129 Å². The number of furan rings is 1. The molecule has 0 saturated carbocycles. The molecule has 0 aromatic carbocycles. The summed E-state index contributed by atoms with van der Waals surface area (Å²) in [7, 11) is 1.60. The number of carbonyl (C=O) groups is 1. The highest BCUT2D eigenvalue weighted by Gasteiger charge is 2.24. The third kappa shape index (κ3) is 3.12. The maximum atomic E-state index is 12.4. The van der Waals surface area contributed by atoms with Crippen molar-refractivity contribution in [1.82, 2.24) is 9.88 Å². The predicted molar refractivity (Wildman–Crippen MR) is 81.8 cm³/mol. The van der Waals surface area contributed by atoms with Gasteiger partial charge in [0, 0.05) is 51.4 Å². The first kappa shape index (κ1) is 14.6. The maximum absolute atomic E-state index is 12.4. The number of hydrogen-bond acceptors (Lipinski definition) is 5. The van der Waals surface area contributed by atoms with Crippen LogP contribution in [0.5, 0.6) is 0 Å². The number of methoxy groups -OCH3 is 1. The van der Waals surface area contributed by atoms with E-state index in [0.717, 1.165) is 18.8 Å². The Morgan fingerprint density at radius 2 is 1.91 bits per heavy atom. The predicted octanol–water partition coefficient (Wildman–Crippen LogP) is 1.78. The molecule has 2 aromatic heterocycles. The average Bonchev–Trinajstić information content (AvgIpc) is 3.04. The van der Waals surface area contributed by atoms with Crippen LogP contribution in [0.25, 0.3) is 0 Å². The molecule has 0 N–H and O–H groups in total. The Kier molecular flexibility index (Phi) is 4.39. The van der Waals surface area contributed by atoms with Crippen molar-refractivity contribution >= 4 is 11.6 Å². The topological polar surface area (TPSA) is 58.8 Å². The van der Waals surface area contributed by atoms with Gasteiger partial charge in [0.25, 0.3) is 5.91 Å². The van der Waals surface area contributed by atoms with Gasteiger partial charge in [-0.15, -0.1) is 0 Å². The normalized spacial score (nSPS) is 15.1. The number of hydrogen-bond donors (Lipinski definition) is 0. The molecule has 116 valence electrons. The fourth-order valence-electron chi connectivity index (χ4n) is 2.59. The van der Waals surface area contributed by atoms with Crippen molar-refractivity contribution in [3.63, 3.8) is 0 Å². The van der Waals surface area contributed by atoms with Crippen LogP contribution in [0.3, 0.4) is 0 Å². The summed E-state index contributed by atoms with van der Waals surface area (Å²) in [6.45, 7) is 3.36. The lowest BCUT2D eigenvalue weighted by Crippen LogP contribution is -2.48. The molecular weight excluding hydrogens is 282 g/mol. The molecule has 3 heterocycles. The van der Waals surface area contributed by atoms with Crippen molar-refractivity contribution in [3.05, 3.63) is 48.2 Å². The van der Waals surface area contributed by atoms with Gasteiger partial charge in [-0.05, 0) is 24.3 Å². The van der Waals surface area contributed by atoms with Gasteiger partial charge in [0.2, 0.25) is 0 Å². The van der Waals surface area contributed by atoms with E-state index in [0.29, 0.717) is 31.2 Å². The summed E-state index contributed by atoms with van der Waals surface area (Å²) in [5, 5.41) is 0. The minimum atomic E-state index is -0.0586. The van der Waals surface area contributed by atoms with Crippen molar-refractivity contribution in [1.29, 1.82) is 0 Å². The highest BCUT2D eigenvalue weighted by atomic mass is 16.5. The van der Waals surface area contributed by atoms with Crippen LogP contribution in [0.1, 0.15) is 16.3 Å². The van der Waals surface area contributed by atoms with E-state index in [2.05, 4.69) is 9.88 Å². The summed E-state index contributed by atoms with van der Waals surface area (Å²) in [6.07, 6.45) is 3.57. The monoisotopic (exact) mass is 301 g/mol. The van der Waals surface area contributed by atoms with Crippen LogP contribution in [-0.2, 0) is 11.3 Å². The van der Waals surface area contributed by atoms with E-state index < -0.39 is 0 Å². The highest BCUT2D eigenvalue weighted by molar-refractivity contribution is 5.91. The zero-order valence-electron chi connectivity index (χ0n) is 12.6. The molecule has 0 unspecified atom stereocenters. The number of nitrogens with zero attached hydrogens (tertiary/aromatic N) is 3. The number of rotatable bonds is 4. The number of pyridine rings is 1. The second-order valence-corrected chi connectivity index (χ2v) is 5.18. The molecule has 0 spiro atoms. The summed E-state index contributed by atoms with van der Waals surface area (Å²) >= 11 is 0. The summed E-state index contributed by atoms with van der Waals surface area (Å²) in [6, 6.07) is 7.47. The number of anilines is 1. The minimum absolute atomic E-state index is 0.0586. The molecule has 0 bridgehead atoms. The van der Waals surface area contributed by atoms with E-state index in [1.165, 1.54) is 0 Å². The molecule has 1 fully saturated rings. The van der Waals surface area contributed by atoms with Crippen LogP contribution in [0, 0.1) is 0 Å². The number of amides is 1. The summed E-state index contributed by atoms with van der Waals surface area (Å²) in [4.78, 5) is 20.5. The first-order chi connectivity index (χ1) is 10.8. The molecule has 1 saturated heterocycles. The Morgan fingerprint density at radius 1 is 1.18 bits per heavy atom. The fourth-order valence-corrected chi connectivity index (χ4v) is 2.59. The molecule has 0 aliphatic carbocycles. The number of piperazine rings is 1. The molecule has 3 rings (SSSR count). The molecule has 0 atom stereocenters. The van der Waals surface area contributed by atoms with Crippen LogP contribution in [0.15, 0.2) is 41.1 Å². The van der Waals surface area contributed by atoms with Gasteiger partial charge in [0.05, 0.1) is 0 Å². The second-order valence-electron chi connectivity index (χ2n) is 5.18. The van der Waals surface area contributed by atoms with E-state index in [1.807, 2.05) is 17.0 Å². The van der Waals surface area contributed by atoms with Crippen molar-refractivity contribution in [3.8, 4) is 0 Å². The first-order valence-corrected chi connectivity index (χ1v) is 7.30. The van der Waals surface area contributed by atoms with E-state index in [9.17, 15) is 4.79 Å². The molecule has 1 aliphatic heterocycles. The lowest BCUT2D eigenvalue weighted by Gasteiger charge is -2.35. The number of aromatic nitrogens is 1. The summed E-state index contributed by atoms with van der Waals surface area (Å²) in [5.74, 6) is 0.988. The van der Waals surface area contributed by atoms with Crippen molar-refractivity contribution in [2.24, 2.45) is 0 Å². The third-order valence-electron chi connectivity index (χ3n) is 3.75. The molecule has 22 heavy (non-hydrogen) atoms. The Bertz CT molecular complexity index is 619. The van der Waals surface area contributed by atoms with Gasteiger partial charge in [-0.3, -0.25) is 9.78 Å². The van der Waals surface area contributed by atoms with Crippen LogP contribution < -0.4 is 4.90 Å². The molecule has 1 amide bonds. The lowest BCUT2D eigenvalue weighted by atomic mass is 10.2. The molecule has 6 nitrogen and oxygen atoms in total. The first-order valence-electron chi connectivity index (χ1n) is 7.30. The Morgan fingerprint density at radius 3 is 2.59 bits per heavy atom. The van der Waals surface area contributed by atoms with Gasteiger partial charge in [-0.1, -0.05) is 0 Å². The third-order valence-corrected chi connectivity index (χ3v) is 3.75. The average molecular weight is 301 g/mol. The van der Waals surface area contributed by atoms with Gasteiger partial charge < -0.3 is 19.0 Å². The van der Waals surface area contributed by atoms with Crippen LogP contribution in [0.4, 0.5) is 5.69 Å². The van der Waals surface area contributed by atoms with Crippen molar-refractivity contribution < 1.29 is 13.9 Å². The molecule has 1 aliphatic rings. The second kappa shape index (κ2) is 6.62. The standard InChI is InChI=1S/C16H19N3O3/c1-21-12-14-2-3-15(22-14)16(20)19-10-8-18(9-11-19)13-4-6-17-7-5-13/h2-7H,8-12H2,1H3. The van der Waals surface area contributed by atoms with Crippen molar-refractivity contribution in [2.45, 2.75) is 6.61 Å². The van der Waals surface area contributed by atoms with E-state index in [1.54, 1.807) is 31.6 Å². The summed E-state index contributed by atoms with van der Waals surface area (Å²) < 4.78 is 10.5. The fraction of sp³-hybridized carbons (Fsp3) is 0.375. The van der Waals surface area contributed by atoms with Gasteiger partial charge in [0.1, 0.15) is 12.4 Å². The molecule has 6 heteroatoms. The number of ether oxygens (including phenoxy) is 1. The van der Waals surface area contributed by atoms with Gasteiger partial charge in [-0.25, -0.2) is 0 Å². The van der Waals surface area contributed by atoms with Crippen LogP contribution in [-0.4, -0.2) is 49.1 Å². The minimum Gasteiger partial charge on any atom is -0.453 e. The SMILES string of the molecule is COCc1ccc(C(=O)N2CCN(c3ccncc3)CC2)o1. The molecular formula is C16H19N3O3.